The van der Waals surface area contributed by atoms with Gasteiger partial charge < -0.3 is 4.52 Å². The van der Waals surface area contributed by atoms with E-state index in [1.54, 1.807) is 0 Å². The summed E-state index contributed by atoms with van der Waals surface area (Å²) in [5, 5.41) is 4.23. The van der Waals surface area contributed by atoms with E-state index in [-0.39, 0.29) is 17.7 Å². The van der Waals surface area contributed by atoms with E-state index in [4.69, 9.17) is 10.4 Å². The number of nitrogens with one attached hydrogen (secondary N) is 1. The van der Waals surface area contributed by atoms with Crippen LogP contribution in [0.4, 0.5) is 0 Å². The highest BCUT2D eigenvalue weighted by atomic mass is 16.5. The summed E-state index contributed by atoms with van der Waals surface area (Å²) in [6, 6.07) is 0. The highest BCUT2D eigenvalue weighted by molar-refractivity contribution is 5.79. The molecule has 3 N–H and O–H groups in total. The van der Waals surface area contributed by atoms with Crippen molar-refractivity contribution in [3.05, 3.63) is 17.0 Å². The Balaban J connectivity index is 1.90. The van der Waals surface area contributed by atoms with Crippen LogP contribution in [-0.4, -0.2) is 11.1 Å². The highest BCUT2D eigenvalue weighted by Crippen LogP contribution is 2.41. The fraction of sp³-hybridized carbons (Fsp3) is 0.692. The van der Waals surface area contributed by atoms with E-state index in [0.29, 0.717) is 0 Å². The zero-order valence-corrected chi connectivity index (χ0v) is 10.4. The number of nitrogens with two attached hydrogens (primary N) is 1. The van der Waals surface area contributed by atoms with E-state index in [1.165, 1.54) is 5.56 Å². The lowest BCUT2D eigenvalue weighted by Gasteiger charge is -2.29. The van der Waals surface area contributed by atoms with E-state index in [0.717, 1.165) is 56.4 Å². The number of carbonyl (C=O) groups is 1. The number of carbonyl (C=O) groups excluding carboxylic acids is 1. The second-order valence-corrected chi connectivity index (χ2v) is 5.33. The quantitative estimate of drug-likeness (QED) is 0.472. The molecule has 98 valence electrons. The third-order valence-corrected chi connectivity index (χ3v) is 4.33. The van der Waals surface area contributed by atoms with Crippen molar-refractivity contribution in [1.82, 2.24) is 10.6 Å². The first-order valence-corrected chi connectivity index (χ1v) is 6.79. The first kappa shape index (κ1) is 11.7. The van der Waals surface area contributed by atoms with Crippen LogP contribution in [0.25, 0.3) is 0 Å². The van der Waals surface area contributed by atoms with Gasteiger partial charge in [0.15, 0.2) is 0 Å². The molecule has 1 fully saturated rings. The molecule has 2 aliphatic carbocycles. The predicted molar refractivity (Wildman–Crippen MR) is 65.6 cm³/mol. The zero-order valence-electron chi connectivity index (χ0n) is 10.4. The molecule has 0 spiro atoms. The number of hydrogen-bond donors (Lipinski definition) is 2. The van der Waals surface area contributed by atoms with Crippen LogP contribution in [0, 0.1) is 5.92 Å². The number of aromatic nitrogens is 1. The second kappa shape index (κ2) is 4.72. The Morgan fingerprint density at radius 2 is 2.11 bits per heavy atom. The fourth-order valence-electron chi connectivity index (χ4n) is 3.42. The van der Waals surface area contributed by atoms with Crippen molar-refractivity contribution in [1.29, 1.82) is 0 Å². The van der Waals surface area contributed by atoms with E-state index in [9.17, 15) is 4.79 Å². The van der Waals surface area contributed by atoms with Crippen LogP contribution in [-0.2, 0) is 17.6 Å². The van der Waals surface area contributed by atoms with Gasteiger partial charge in [-0.2, -0.15) is 0 Å². The van der Waals surface area contributed by atoms with E-state index >= 15 is 0 Å². The van der Waals surface area contributed by atoms with Crippen molar-refractivity contribution in [2.75, 3.05) is 0 Å². The fourth-order valence-corrected chi connectivity index (χ4v) is 3.42. The summed E-state index contributed by atoms with van der Waals surface area (Å²) in [4.78, 5) is 11.9. The molecule has 1 aromatic heterocycles. The lowest BCUT2D eigenvalue weighted by molar-refractivity contribution is -0.126. The largest absolute Gasteiger partial charge is 0.361 e. The summed E-state index contributed by atoms with van der Waals surface area (Å²) >= 11 is 0. The molecule has 1 heterocycles. The highest BCUT2D eigenvalue weighted by Gasteiger charge is 2.36. The molecular formula is C13H19N3O2. The van der Waals surface area contributed by atoms with Gasteiger partial charge in [0.2, 0.25) is 5.91 Å². The van der Waals surface area contributed by atoms with Crippen molar-refractivity contribution < 1.29 is 9.32 Å². The second-order valence-electron chi connectivity index (χ2n) is 5.33. The topological polar surface area (TPSA) is 81.1 Å². The average molecular weight is 249 g/mol. The maximum Gasteiger partial charge on any atom is 0.237 e. The number of hydrogen-bond acceptors (Lipinski definition) is 4. The minimum atomic E-state index is -0.0607. The van der Waals surface area contributed by atoms with Gasteiger partial charge in [-0.3, -0.25) is 10.2 Å². The number of fused-ring (bicyclic) bond motifs is 1. The number of hydrazine groups is 1. The third-order valence-electron chi connectivity index (χ3n) is 4.33. The van der Waals surface area contributed by atoms with Gasteiger partial charge in [0.05, 0.1) is 5.69 Å². The van der Waals surface area contributed by atoms with Gasteiger partial charge in [0, 0.05) is 23.8 Å². The van der Waals surface area contributed by atoms with Crippen LogP contribution in [0.5, 0.6) is 0 Å². The van der Waals surface area contributed by atoms with Gasteiger partial charge in [-0.25, -0.2) is 5.84 Å². The Kier molecular flexibility index (Phi) is 3.07. The molecule has 2 unspecified atom stereocenters. The molecule has 1 saturated carbocycles. The number of amides is 1. The molecular weight excluding hydrogens is 230 g/mol. The van der Waals surface area contributed by atoms with E-state index in [2.05, 4.69) is 10.6 Å². The third kappa shape index (κ3) is 1.82. The Morgan fingerprint density at radius 1 is 1.28 bits per heavy atom. The average Bonchev–Trinajstić information content (AvgIpc) is 3.00. The molecule has 0 radical (unpaired) electrons. The van der Waals surface area contributed by atoms with Gasteiger partial charge >= 0.3 is 0 Å². The molecule has 0 aromatic carbocycles. The lowest BCUT2D eigenvalue weighted by Crippen LogP contribution is -2.39. The van der Waals surface area contributed by atoms with Crippen molar-refractivity contribution >= 4 is 5.91 Å². The van der Waals surface area contributed by atoms with Crippen molar-refractivity contribution in [3.8, 4) is 0 Å². The van der Waals surface area contributed by atoms with Crippen molar-refractivity contribution in [3.63, 3.8) is 0 Å². The van der Waals surface area contributed by atoms with Crippen molar-refractivity contribution in [2.45, 2.75) is 50.9 Å². The molecule has 1 amide bonds. The standard InChI is InChI=1S/C13H19N3O2/c14-15-13(17)9-5-2-1-4-8(9)12-10-6-3-7-11(10)18-16-12/h8-9H,1-7,14H2,(H,15,17). The molecule has 18 heavy (non-hydrogen) atoms. The summed E-state index contributed by atoms with van der Waals surface area (Å²) in [6.07, 6.45) is 7.33. The minimum Gasteiger partial charge on any atom is -0.361 e. The molecule has 5 heteroatoms. The number of nitrogens with zero attached hydrogens (tertiary/aromatic N) is 1. The SMILES string of the molecule is NNC(=O)C1CCCCC1c1noc2c1CCC2. The van der Waals surface area contributed by atoms with E-state index < -0.39 is 0 Å². The van der Waals surface area contributed by atoms with Gasteiger partial charge in [-0.15, -0.1) is 0 Å². The van der Waals surface area contributed by atoms with Crippen LogP contribution in [0.1, 0.15) is 55.0 Å². The molecule has 2 aliphatic rings. The van der Waals surface area contributed by atoms with Gasteiger partial charge in [0.25, 0.3) is 0 Å². The molecule has 1 aromatic rings. The van der Waals surface area contributed by atoms with Gasteiger partial charge in [-0.1, -0.05) is 18.0 Å². The Hall–Kier alpha value is -1.36. The molecule has 0 aliphatic heterocycles. The van der Waals surface area contributed by atoms with Crippen LogP contribution in [0.3, 0.4) is 0 Å². The van der Waals surface area contributed by atoms with Crippen LogP contribution < -0.4 is 11.3 Å². The van der Waals surface area contributed by atoms with Gasteiger partial charge in [-0.05, 0) is 25.7 Å². The van der Waals surface area contributed by atoms with Crippen LogP contribution in [0.15, 0.2) is 4.52 Å². The summed E-state index contributed by atoms with van der Waals surface area (Å²) in [5.74, 6) is 6.40. The summed E-state index contributed by atoms with van der Waals surface area (Å²) in [5.41, 5.74) is 4.58. The summed E-state index contributed by atoms with van der Waals surface area (Å²) < 4.78 is 5.41. The van der Waals surface area contributed by atoms with Crippen molar-refractivity contribution in [2.24, 2.45) is 11.8 Å². The molecule has 3 rings (SSSR count). The monoisotopic (exact) mass is 249 g/mol. The molecule has 5 nitrogen and oxygen atoms in total. The first-order valence-electron chi connectivity index (χ1n) is 6.79. The molecule has 0 bridgehead atoms. The van der Waals surface area contributed by atoms with E-state index in [1.807, 2.05) is 0 Å². The first-order chi connectivity index (χ1) is 8.81. The van der Waals surface area contributed by atoms with Gasteiger partial charge in [0.1, 0.15) is 5.76 Å². The molecule has 0 saturated heterocycles. The molecule has 2 atom stereocenters. The Morgan fingerprint density at radius 3 is 2.94 bits per heavy atom. The van der Waals surface area contributed by atoms with Crippen LogP contribution >= 0.6 is 0 Å². The van der Waals surface area contributed by atoms with Crippen LogP contribution in [0.2, 0.25) is 0 Å². The number of aryl methyl sites for hydroxylation is 1. The Bertz CT molecular complexity index is 455. The smallest absolute Gasteiger partial charge is 0.237 e. The predicted octanol–water partition coefficient (Wildman–Crippen LogP) is 1.43. The normalized spacial score (nSPS) is 26.9. The summed E-state index contributed by atoms with van der Waals surface area (Å²) in [6.45, 7) is 0. The lowest BCUT2D eigenvalue weighted by atomic mass is 9.76. The zero-order chi connectivity index (χ0) is 12.5. The maximum absolute atomic E-state index is 11.9. The Labute approximate surface area is 106 Å². The number of rotatable bonds is 2. The maximum atomic E-state index is 11.9. The minimum absolute atomic E-state index is 0.0430. The summed E-state index contributed by atoms with van der Waals surface area (Å²) in [7, 11) is 0.